The third-order valence-corrected chi connectivity index (χ3v) is 4.57. The van der Waals surface area contributed by atoms with E-state index < -0.39 is 0 Å². The van der Waals surface area contributed by atoms with Crippen LogP contribution in [0.15, 0.2) is 18.2 Å². The van der Waals surface area contributed by atoms with Crippen LogP contribution in [-0.2, 0) is 0 Å². The SMILES string of the molecule is CCCNC1C(Oc2cccc(C)c2F)CCCC1(C)C. The second-order valence-electron chi connectivity index (χ2n) is 6.86. The van der Waals surface area contributed by atoms with Crippen LogP contribution in [0.5, 0.6) is 5.75 Å². The van der Waals surface area contributed by atoms with E-state index in [-0.39, 0.29) is 23.4 Å². The average molecular weight is 293 g/mol. The van der Waals surface area contributed by atoms with Crippen LogP contribution in [0.25, 0.3) is 0 Å². The number of rotatable bonds is 5. The van der Waals surface area contributed by atoms with Crippen LogP contribution in [0.4, 0.5) is 4.39 Å². The fraction of sp³-hybridized carbons (Fsp3) is 0.667. The lowest BCUT2D eigenvalue weighted by Crippen LogP contribution is -2.54. The second kappa shape index (κ2) is 6.78. The molecular weight excluding hydrogens is 265 g/mol. The van der Waals surface area contributed by atoms with Gasteiger partial charge in [-0.1, -0.05) is 32.9 Å². The maximum atomic E-state index is 14.2. The molecule has 21 heavy (non-hydrogen) atoms. The molecule has 1 aliphatic carbocycles. The molecule has 2 unspecified atom stereocenters. The van der Waals surface area contributed by atoms with Crippen molar-refractivity contribution in [1.29, 1.82) is 0 Å². The Morgan fingerprint density at radius 1 is 1.38 bits per heavy atom. The number of benzene rings is 1. The molecule has 0 radical (unpaired) electrons. The first-order valence-corrected chi connectivity index (χ1v) is 8.11. The average Bonchev–Trinajstić information content (AvgIpc) is 2.42. The smallest absolute Gasteiger partial charge is 0.167 e. The molecule has 0 heterocycles. The van der Waals surface area contributed by atoms with Gasteiger partial charge in [-0.15, -0.1) is 0 Å². The van der Waals surface area contributed by atoms with Crippen LogP contribution in [0.3, 0.4) is 0 Å². The molecule has 1 fully saturated rings. The quantitative estimate of drug-likeness (QED) is 0.865. The molecule has 0 amide bonds. The van der Waals surface area contributed by atoms with Gasteiger partial charge in [-0.3, -0.25) is 0 Å². The van der Waals surface area contributed by atoms with Crippen molar-refractivity contribution >= 4 is 0 Å². The van der Waals surface area contributed by atoms with Crippen LogP contribution in [0.1, 0.15) is 52.0 Å². The molecule has 1 N–H and O–H groups in total. The molecule has 0 aromatic heterocycles. The van der Waals surface area contributed by atoms with E-state index in [0.29, 0.717) is 11.3 Å². The fourth-order valence-corrected chi connectivity index (χ4v) is 3.29. The summed E-state index contributed by atoms with van der Waals surface area (Å²) in [4.78, 5) is 0. The van der Waals surface area contributed by atoms with Gasteiger partial charge in [0.1, 0.15) is 6.10 Å². The van der Waals surface area contributed by atoms with Gasteiger partial charge in [-0.05, 0) is 56.2 Å². The number of aryl methyl sites for hydroxylation is 1. The van der Waals surface area contributed by atoms with Gasteiger partial charge in [0.2, 0.25) is 0 Å². The first-order chi connectivity index (χ1) is 9.95. The highest BCUT2D eigenvalue weighted by atomic mass is 19.1. The van der Waals surface area contributed by atoms with Crippen molar-refractivity contribution < 1.29 is 9.13 Å². The van der Waals surface area contributed by atoms with E-state index in [1.807, 2.05) is 6.07 Å². The molecule has 1 aromatic rings. The zero-order chi connectivity index (χ0) is 15.5. The van der Waals surface area contributed by atoms with Gasteiger partial charge < -0.3 is 10.1 Å². The van der Waals surface area contributed by atoms with Crippen LogP contribution in [-0.4, -0.2) is 18.7 Å². The molecular formula is C18H28FNO. The highest BCUT2D eigenvalue weighted by Gasteiger charge is 2.40. The summed E-state index contributed by atoms with van der Waals surface area (Å²) < 4.78 is 20.3. The Balaban J connectivity index is 2.17. The van der Waals surface area contributed by atoms with Gasteiger partial charge >= 0.3 is 0 Å². The van der Waals surface area contributed by atoms with Crippen molar-refractivity contribution in [3.05, 3.63) is 29.6 Å². The van der Waals surface area contributed by atoms with E-state index in [4.69, 9.17) is 4.74 Å². The predicted octanol–water partition coefficient (Wildman–Crippen LogP) is 4.46. The Hall–Kier alpha value is -1.09. The first-order valence-electron chi connectivity index (χ1n) is 8.11. The Labute approximate surface area is 128 Å². The van der Waals surface area contributed by atoms with Crippen molar-refractivity contribution in [3.63, 3.8) is 0 Å². The minimum atomic E-state index is -0.227. The molecule has 2 atom stereocenters. The van der Waals surface area contributed by atoms with E-state index in [1.165, 1.54) is 6.42 Å². The van der Waals surface area contributed by atoms with Crippen molar-refractivity contribution in [2.24, 2.45) is 5.41 Å². The predicted molar refractivity (Wildman–Crippen MR) is 85.3 cm³/mol. The maximum Gasteiger partial charge on any atom is 0.167 e. The summed E-state index contributed by atoms with van der Waals surface area (Å²) in [6.07, 6.45) is 4.44. The Kier molecular flexibility index (Phi) is 5.26. The monoisotopic (exact) mass is 293 g/mol. The first kappa shape index (κ1) is 16.3. The zero-order valence-electron chi connectivity index (χ0n) is 13.7. The summed E-state index contributed by atoms with van der Waals surface area (Å²) in [6, 6.07) is 5.64. The van der Waals surface area contributed by atoms with Gasteiger partial charge in [0.05, 0.1) is 0 Å². The van der Waals surface area contributed by atoms with Crippen LogP contribution in [0.2, 0.25) is 0 Å². The maximum absolute atomic E-state index is 14.2. The molecule has 118 valence electrons. The van der Waals surface area contributed by atoms with E-state index in [2.05, 4.69) is 26.1 Å². The van der Waals surface area contributed by atoms with Crippen molar-refractivity contribution in [1.82, 2.24) is 5.32 Å². The Morgan fingerprint density at radius 2 is 2.14 bits per heavy atom. The van der Waals surface area contributed by atoms with Crippen LogP contribution < -0.4 is 10.1 Å². The van der Waals surface area contributed by atoms with Gasteiger partial charge in [-0.25, -0.2) is 4.39 Å². The largest absolute Gasteiger partial charge is 0.486 e. The summed E-state index contributed by atoms with van der Waals surface area (Å²) >= 11 is 0. The summed E-state index contributed by atoms with van der Waals surface area (Å²) in [6.45, 7) is 9.48. The number of ether oxygens (including phenoxy) is 1. The van der Waals surface area contributed by atoms with E-state index in [1.54, 1.807) is 19.1 Å². The molecule has 2 nitrogen and oxygen atoms in total. The molecule has 2 rings (SSSR count). The minimum absolute atomic E-state index is 0.0385. The molecule has 0 spiro atoms. The lowest BCUT2D eigenvalue weighted by atomic mass is 9.71. The highest BCUT2D eigenvalue weighted by molar-refractivity contribution is 5.30. The molecule has 1 saturated carbocycles. The summed E-state index contributed by atoms with van der Waals surface area (Å²) in [7, 11) is 0. The van der Waals surface area contributed by atoms with Crippen molar-refractivity contribution in [2.75, 3.05) is 6.54 Å². The Bertz CT molecular complexity index is 472. The fourth-order valence-electron chi connectivity index (χ4n) is 3.29. The third-order valence-electron chi connectivity index (χ3n) is 4.57. The van der Waals surface area contributed by atoms with E-state index in [9.17, 15) is 4.39 Å². The van der Waals surface area contributed by atoms with Crippen LogP contribution >= 0.6 is 0 Å². The zero-order valence-corrected chi connectivity index (χ0v) is 13.7. The van der Waals surface area contributed by atoms with Gasteiger partial charge in [0, 0.05) is 6.04 Å². The molecule has 0 aliphatic heterocycles. The summed E-state index contributed by atoms with van der Waals surface area (Å²) in [5.74, 6) is 0.163. The third kappa shape index (κ3) is 3.76. The minimum Gasteiger partial charge on any atom is -0.486 e. The molecule has 1 aromatic carbocycles. The molecule has 3 heteroatoms. The molecule has 0 saturated heterocycles. The number of hydrogen-bond acceptors (Lipinski definition) is 2. The Morgan fingerprint density at radius 3 is 2.86 bits per heavy atom. The van der Waals surface area contributed by atoms with Crippen molar-refractivity contribution in [2.45, 2.75) is 65.5 Å². The van der Waals surface area contributed by atoms with Crippen molar-refractivity contribution in [3.8, 4) is 5.75 Å². The lowest BCUT2D eigenvalue weighted by Gasteiger charge is -2.44. The highest BCUT2D eigenvalue weighted by Crippen LogP contribution is 2.38. The summed E-state index contributed by atoms with van der Waals surface area (Å²) in [5.41, 5.74) is 0.818. The summed E-state index contributed by atoms with van der Waals surface area (Å²) in [5, 5.41) is 3.62. The second-order valence-corrected chi connectivity index (χ2v) is 6.86. The van der Waals surface area contributed by atoms with Gasteiger partial charge in [0.25, 0.3) is 0 Å². The molecule has 0 bridgehead atoms. The number of nitrogens with one attached hydrogen (secondary N) is 1. The number of halogens is 1. The van der Waals surface area contributed by atoms with Gasteiger partial charge in [-0.2, -0.15) is 0 Å². The normalized spacial score (nSPS) is 24.8. The standard InChI is InChI=1S/C18H28FNO/c1-5-12-20-17-15(10-7-11-18(17,3)4)21-14-9-6-8-13(2)16(14)19/h6,8-9,15,17,20H,5,7,10-12H2,1-4H3. The topological polar surface area (TPSA) is 21.3 Å². The van der Waals surface area contributed by atoms with E-state index in [0.717, 1.165) is 25.8 Å². The van der Waals surface area contributed by atoms with E-state index >= 15 is 0 Å². The van der Waals surface area contributed by atoms with Crippen LogP contribution in [0, 0.1) is 18.2 Å². The molecule has 1 aliphatic rings. The lowest BCUT2D eigenvalue weighted by molar-refractivity contribution is 0.0341. The number of hydrogen-bond donors (Lipinski definition) is 1. The van der Waals surface area contributed by atoms with Gasteiger partial charge in [0.15, 0.2) is 11.6 Å².